The van der Waals surface area contributed by atoms with Crippen molar-refractivity contribution in [2.45, 2.75) is 18.6 Å². The van der Waals surface area contributed by atoms with Gasteiger partial charge in [0.1, 0.15) is 24.4 Å². The number of carbonyl (C=O) groups is 3. The summed E-state index contributed by atoms with van der Waals surface area (Å²) in [6.07, 6.45) is -4.66. The van der Waals surface area contributed by atoms with E-state index < -0.39 is 41.7 Å². The number of hydrogen-bond acceptors (Lipinski definition) is 5. The fraction of sp³-hybridized carbons (Fsp3) is 0.318. The second kappa shape index (κ2) is 9.90. The number of benzene rings is 2. The molecule has 2 N–H and O–H groups in total. The van der Waals surface area contributed by atoms with Crippen molar-refractivity contribution in [1.29, 1.82) is 0 Å². The average molecular weight is 500 g/mol. The van der Waals surface area contributed by atoms with E-state index in [1.54, 1.807) is 24.3 Å². The van der Waals surface area contributed by atoms with Gasteiger partial charge in [-0.15, -0.1) is 0 Å². The number of imide groups is 1. The van der Waals surface area contributed by atoms with Gasteiger partial charge in [-0.25, -0.2) is 4.79 Å². The third-order valence-corrected chi connectivity index (χ3v) is 5.38. The van der Waals surface area contributed by atoms with Crippen molar-refractivity contribution in [1.82, 2.24) is 10.2 Å². The highest BCUT2D eigenvalue weighted by Gasteiger charge is 2.49. The molecular formula is C22H21ClF3N3O5. The predicted octanol–water partition coefficient (Wildman–Crippen LogP) is 3.79. The fourth-order valence-electron chi connectivity index (χ4n) is 3.32. The summed E-state index contributed by atoms with van der Waals surface area (Å²) in [5, 5.41) is 5.27. The molecule has 1 aliphatic rings. The maximum absolute atomic E-state index is 13.2. The summed E-state index contributed by atoms with van der Waals surface area (Å²) >= 11 is 5.87. The molecule has 34 heavy (non-hydrogen) atoms. The van der Waals surface area contributed by atoms with Crippen LogP contribution in [0.25, 0.3) is 0 Å². The van der Waals surface area contributed by atoms with Gasteiger partial charge in [0, 0.05) is 12.1 Å². The van der Waals surface area contributed by atoms with Gasteiger partial charge in [-0.1, -0.05) is 23.7 Å². The number of nitrogens with zero attached hydrogens (tertiary/aromatic N) is 1. The van der Waals surface area contributed by atoms with Crippen molar-refractivity contribution in [3.8, 4) is 5.75 Å². The topological polar surface area (TPSA) is 97.0 Å². The summed E-state index contributed by atoms with van der Waals surface area (Å²) in [6.45, 7) is 0.946. The zero-order valence-electron chi connectivity index (χ0n) is 18.2. The number of urea groups is 1. The van der Waals surface area contributed by atoms with E-state index in [-0.39, 0.29) is 24.7 Å². The number of carbonyl (C=O) groups excluding carboxylic acids is 3. The highest BCUT2D eigenvalue weighted by Crippen LogP contribution is 2.35. The summed E-state index contributed by atoms with van der Waals surface area (Å²) < 4.78 is 49.7. The lowest BCUT2D eigenvalue weighted by molar-refractivity contribution is -0.137. The smallest absolute Gasteiger partial charge is 0.416 e. The van der Waals surface area contributed by atoms with Crippen LogP contribution >= 0.6 is 11.6 Å². The molecule has 1 fully saturated rings. The first-order chi connectivity index (χ1) is 16.0. The zero-order chi connectivity index (χ0) is 25.1. The molecule has 1 saturated heterocycles. The molecule has 3 rings (SSSR count). The molecule has 12 heteroatoms. The van der Waals surface area contributed by atoms with Crippen molar-refractivity contribution in [2.24, 2.45) is 0 Å². The minimum atomic E-state index is -4.66. The van der Waals surface area contributed by atoms with E-state index in [1.165, 1.54) is 14.0 Å². The van der Waals surface area contributed by atoms with Gasteiger partial charge in [0.15, 0.2) is 0 Å². The third-order valence-electron chi connectivity index (χ3n) is 5.12. The van der Waals surface area contributed by atoms with E-state index in [2.05, 4.69) is 10.6 Å². The van der Waals surface area contributed by atoms with Crippen molar-refractivity contribution in [3.05, 3.63) is 58.6 Å². The molecule has 0 unspecified atom stereocenters. The van der Waals surface area contributed by atoms with Gasteiger partial charge in [0.2, 0.25) is 5.91 Å². The second-order valence-corrected chi connectivity index (χ2v) is 7.99. The number of nitrogens with one attached hydrogen (secondary N) is 2. The number of anilines is 1. The maximum Gasteiger partial charge on any atom is 0.416 e. The Kier molecular flexibility index (Phi) is 7.37. The Hall–Kier alpha value is -3.31. The first-order valence-corrected chi connectivity index (χ1v) is 10.4. The fourth-order valence-corrected chi connectivity index (χ4v) is 3.44. The van der Waals surface area contributed by atoms with Crippen LogP contribution in [0.3, 0.4) is 0 Å². The van der Waals surface area contributed by atoms with E-state index in [1.807, 2.05) is 0 Å². The minimum absolute atomic E-state index is 0.0250. The normalized spacial score (nSPS) is 18.1. The monoisotopic (exact) mass is 499 g/mol. The molecule has 1 atom stereocenters. The molecule has 2 aromatic carbocycles. The van der Waals surface area contributed by atoms with E-state index in [9.17, 15) is 27.6 Å². The maximum atomic E-state index is 13.2. The van der Waals surface area contributed by atoms with Gasteiger partial charge in [0.05, 0.1) is 17.9 Å². The highest BCUT2D eigenvalue weighted by molar-refractivity contribution is 6.30. The average Bonchev–Trinajstić information content (AvgIpc) is 2.98. The SMILES string of the molecule is COCCOc1ccc(C(F)(F)F)cc1NC(=O)CN1C(=O)N[C@](C)(c2ccc(Cl)cc2)C1=O. The summed E-state index contributed by atoms with van der Waals surface area (Å²) in [4.78, 5) is 38.8. The van der Waals surface area contributed by atoms with Crippen LogP contribution in [0.1, 0.15) is 18.1 Å². The van der Waals surface area contributed by atoms with Gasteiger partial charge in [-0.2, -0.15) is 13.2 Å². The summed E-state index contributed by atoms with van der Waals surface area (Å²) in [5.41, 5.74) is -2.26. The first-order valence-electron chi connectivity index (χ1n) is 9.98. The predicted molar refractivity (Wildman–Crippen MR) is 116 cm³/mol. The van der Waals surface area contributed by atoms with Gasteiger partial charge < -0.3 is 20.1 Å². The molecule has 0 radical (unpaired) electrons. The van der Waals surface area contributed by atoms with Gasteiger partial charge in [-0.3, -0.25) is 14.5 Å². The van der Waals surface area contributed by atoms with Crippen molar-refractivity contribution in [3.63, 3.8) is 0 Å². The van der Waals surface area contributed by atoms with Crippen LogP contribution in [0, 0.1) is 0 Å². The quantitative estimate of drug-likeness (QED) is 0.425. The molecule has 1 heterocycles. The molecule has 2 aromatic rings. The van der Waals surface area contributed by atoms with Crippen LogP contribution in [-0.4, -0.2) is 49.6 Å². The molecule has 0 aliphatic carbocycles. The van der Waals surface area contributed by atoms with E-state index >= 15 is 0 Å². The summed E-state index contributed by atoms with van der Waals surface area (Å²) in [5.74, 6) is -1.61. The number of halogens is 4. The van der Waals surface area contributed by atoms with Crippen molar-refractivity contribution in [2.75, 3.05) is 32.2 Å². The first kappa shape index (κ1) is 25.3. The second-order valence-electron chi connectivity index (χ2n) is 7.55. The Morgan fingerprint density at radius 1 is 1.15 bits per heavy atom. The Bertz CT molecular complexity index is 1090. The number of methoxy groups -OCH3 is 1. The van der Waals surface area contributed by atoms with Crippen LogP contribution < -0.4 is 15.4 Å². The molecule has 1 aliphatic heterocycles. The van der Waals surface area contributed by atoms with Gasteiger partial charge >= 0.3 is 12.2 Å². The summed E-state index contributed by atoms with van der Waals surface area (Å²) in [7, 11) is 1.43. The molecule has 0 spiro atoms. The molecule has 182 valence electrons. The van der Waals surface area contributed by atoms with E-state index in [4.69, 9.17) is 21.1 Å². The van der Waals surface area contributed by atoms with Crippen LogP contribution in [0.4, 0.5) is 23.7 Å². The Balaban J connectivity index is 1.78. The van der Waals surface area contributed by atoms with E-state index in [0.717, 1.165) is 12.1 Å². The van der Waals surface area contributed by atoms with E-state index in [0.29, 0.717) is 21.6 Å². The van der Waals surface area contributed by atoms with Crippen LogP contribution in [0.5, 0.6) is 5.75 Å². The largest absolute Gasteiger partial charge is 0.489 e. The van der Waals surface area contributed by atoms with Crippen molar-refractivity contribution >= 4 is 35.1 Å². The Morgan fingerprint density at radius 2 is 1.82 bits per heavy atom. The molecule has 0 aromatic heterocycles. The minimum Gasteiger partial charge on any atom is -0.489 e. The Morgan fingerprint density at radius 3 is 2.44 bits per heavy atom. The molecule has 4 amide bonds. The number of hydrogen-bond donors (Lipinski definition) is 2. The lowest BCUT2D eigenvalue weighted by atomic mass is 9.92. The molecule has 0 saturated carbocycles. The van der Waals surface area contributed by atoms with Crippen molar-refractivity contribution < 1.29 is 37.0 Å². The zero-order valence-corrected chi connectivity index (χ0v) is 18.9. The lowest BCUT2D eigenvalue weighted by Crippen LogP contribution is -2.42. The van der Waals surface area contributed by atoms with Gasteiger partial charge in [-0.05, 0) is 42.8 Å². The summed E-state index contributed by atoms with van der Waals surface area (Å²) in [6, 6.07) is 8.01. The Labute approximate surface area is 198 Å². The van der Waals surface area contributed by atoms with Crippen LogP contribution in [-0.2, 0) is 26.0 Å². The highest BCUT2D eigenvalue weighted by atomic mass is 35.5. The number of rotatable bonds is 8. The molecule has 8 nitrogen and oxygen atoms in total. The molecular weight excluding hydrogens is 479 g/mol. The molecule has 0 bridgehead atoms. The lowest BCUT2D eigenvalue weighted by Gasteiger charge is -2.22. The third kappa shape index (κ3) is 5.42. The number of ether oxygens (including phenoxy) is 2. The van der Waals surface area contributed by atoms with Crippen LogP contribution in [0.15, 0.2) is 42.5 Å². The van der Waals surface area contributed by atoms with Crippen LogP contribution in [0.2, 0.25) is 5.02 Å². The number of alkyl halides is 3. The number of amides is 4. The van der Waals surface area contributed by atoms with Gasteiger partial charge in [0.25, 0.3) is 5.91 Å². The standard InChI is InChI=1S/C22H21ClF3N3O5/c1-21(13-3-6-15(23)7-4-13)19(31)29(20(32)28-21)12-18(30)27-16-11-14(22(24,25)26)5-8-17(16)34-10-9-33-2/h3-8,11H,9-10,12H2,1-2H3,(H,27,30)(H,28,32)/t21-/m1/s1.